The highest BCUT2D eigenvalue weighted by Crippen LogP contribution is 2.26. The molecule has 0 aromatic heterocycles. The van der Waals surface area contributed by atoms with Crippen molar-refractivity contribution >= 4 is 17.3 Å². The van der Waals surface area contributed by atoms with Gasteiger partial charge in [-0.2, -0.15) is 0 Å². The van der Waals surface area contributed by atoms with E-state index in [1.54, 1.807) is 6.07 Å². The molecule has 1 aliphatic heterocycles. The Morgan fingerprint density at radius 2 is 1.76 bits per heavy atom. The van der Waals surface area contributed by atoms with Crippen LogP contribution in [0.15, 0.2) is 42.5 Å². The van der Waals surface area contributed by atoms with Crippen LogP contribution >= 0.6 is 0 Å². The molecule has 1 aliphatic rings. The SMILES string of the molecule is CC1CCN(c2ccc(NC(=O)Cc3ccc(O)c(O)c3)cc2)CC1. The largest absolute Gasteiger partial charge is 0.504 e. The number of aromatic hydroxyl groups is 2. The first kappa shape index (κ1) is 17.1. The monoisotopic (exact) mass is 340 g/mol. The molecule has 0 atom stereocenters. The Morgan fingerprint density at radius 3 is 2.40 bits per heavy atom. The van der Waals surface area contributed by atoms with Crippen LogP contribution in [0, 0.1) is 5.92 Å². The lowest BCUT2D eigenvalue weighted by Gasteiger charge is -2.32. The van der Waals surface area contributed by atoms with Crippen LogP contribution in [0.5, 0.6) is 11.5 Å². The van der Waals surface area contributed by atoms with Gasteiger partial charge in [-0.1, -0.05) is 13.0 Å². The zero-order valence-corrected chi connectivity index (χ0v) is 14.4. The van der Waals surface area contributed by atoms with Crippen LogP contribution in [-0.2, 0) is 11.2 Å². The Hall–Kier alpha value is -2.69. The number of piperidine rings is 1. The number of anilines is 2. The molecule has 0 radical (unpaired) electrons. The molecule has 5 nitrogen and oxygen atoms in total. The third-order valence-electron chi connectivity index (χ3n) is 4.70. The van der Waals surface area contributed by atoms with Gasteiger partial charge in [-0.05, 0) is 60.7 Å². The number of benzene rings is 2. The van der Waals surface area contributed by atoms with E-state index in [9.17, 15) is 15.0 Å². The van der Waals surface area contributed by atoms with Crippen molar-refractivity contribution in [2.75, 3.05) is 23.3 Å². The number of rotatable bonds is 4. The lowest BCUT2D eigenvalue weighted by molar-refractivity contribution is -0.115. The Kier molecular flexibility index (Phi) is 5.12. The Bertz CT molecular complexity index is 735. The standard InChI is InChI=1S/C20H24N2O3/c1-14-8-10-22(11-9-14)17-5-3-16(4-6-17)21-20(25)13-15-2-7-18(23)19(24)12-15/h2-7,12,14,23-24H,8-11,13H2,1H3,(H,21,25). The van der Waals surface area contributed by atoms with E-state index in [4.69, 9.17) is 0 Å². The topological polar surface area (TPSA) is 72.8 Å². The summed E-state index contributed by atoms with van der Waals surface area (Å²) in [6.45, 7) is 4.46. The average Bonchev–Trinajstić information content (AvgIpc) is 2.60. The Balaban J connectivity index is 1.57. The molecule has 0 bridgehead atoms. The summed E-state index contributed by atoms with van der Waals surface area (Å²) < 4.78 is 0. The Labute approximate surface area is 147 Å². The van der Waals surface area contributed by atoms with E-state index in [2.05, 4.69) is 17.1 Å². The molecule has 1 amide bonds. The molecule has 5 heteroatoms. The van der Waals surface area contributed by atoms with Crippen molar-refractivity contribution in [3.8, 4) is 11.5 Å². The molecule has 132 valence electrons. The average molecular weight is 340 g/mol. The fourth-order valence-electron chi connectivity index (χ4n) is 3.09. The summed E-state index contributed by atoms with van der Waals surface area (Å²) in [7, 11) is 0. The summed E-state index contributed by atoms with van der Waals surface area (Å²) in [5, 5.41) is 21.7. The predicted molar refractivity (Wildman–Crippen MR) is 99.2 cm³/mol. The molecule has 1 saturated heterocycles. The lowest BCUT2D eigenvalue weighted by atomic mass is 9.99. The van der Waals surface area contributed by atoms with Gasteiger partial charge in [0.1, 0.15) is 0 Å². The molecule has 2 aromatic carbocycles. The number of nitrogens with one attached hydrogen (secondary N) is 1. The molecule has 2 aromatic rings. The second-order valence-corrected chi connectivity index (χ2v) is 6.76. The van der Waals surface area contributed by atoms with Crippen LogP contribution in [0.25, 0.3) is 0 Å². The number of hydrogen-bond donors (Lipinski definition) is 3. The smallest absolute Gasteiger partial charge is 0.228 e. The van der Waals surface area contributed by atoms with Crippen LogP contribution in [-0.4, -0.2) is 29.2 Å². The second kappa shape index (κ2) is 7.47. The summed E-state index contributed by atoms with van der Waals surface area (Å²) in [4.78, 5) is 14.5. The first-order valence-electron chi connectivity index (χ1n) is 8.67. The van der Waals surface area contributed by atoms with E-state index in [0.717, 1.165) is 24.7 Å². The quantitative estimate of drug-likeness (QED) is 0.745. The fraction of sp³-hybridized carbons (Fsp3) is 0.350. The van der Waals surface area contributed by atoms with Crippen molar-refractivity contribution in [3.63, 3.8) is 0 Å². The predicted octanol–water partition coefficient (Wildman–Crippen LogP) is 3.52. The van der Waals surface area contributed by atoms with E-state index >= 15 is 0 Å². The summed E-state index contributed by atoms with van der Waals surface area (Å²) in [5.74, 6) is 0.233. The van der Waals surface area contributed by atoms with Crippen LogP contribution in [0.1, 0.15) is 25.3 Å². The number of carbonyl (C=O) groups is 1. The van der Waals surface area contributed by atoms with Crippen LogP contribution in [0.2, 0.25) is 0 Å². The maximum absolute atomic E-state index is 12.1. The maximum atomic E-state index is 12.1. The van der Waals surface area contributed by atoms with Crippen molar-refractivity contribution in [2.24, 2.45) is 5.92 Å². The van der Waals surface area contributed by atoms with E-state index < -0.39 is 0 Å². The number of hydrogen-bond acceptors (Lipinski definition) is 4. The molecule has 0 aliphatic carbocycles. The first-order chi connectivity index (χ1) is 12.0. The number of phenolic OH excluding ortho intramolecular Hbond substituents is 2. The maximum Gasteiger partial charge on any atom is 0.228 e. The van der Waals surface area contributed by atoms with E-state index in [1.807, 2.05) is 24.3 Å². The highest BCUT2D eigenvalue weighted by molar-refractivity contribution is 5.92. The van der Waals surface area contributed by atoms with Gasteiger partial charge >= 0.3 is 0 Å². The van der Waals surface area contributed by atoms with Gasteiger partial charge in [0.25, 0.3) is 0 Å². The molecule has 1 fully saturated rings. The summed E-state index contributed by atoms with van der Waals surface area (Å²) in [6.07, 6.45) is 2.58. The van der Waals surface area contributed by atoms with Crippen LogP contribution < -0.4 is 10.2 Å². The van der Waals surface area contributed by atoms with Gasteiger partial charge in [0.05, 0.1) is 6.42 Å². The molecule has 3 rings (SSSR count). The zero-order valence-electron chi connectivity index (χ0n) is 14.4. The summed E-state index contributed by atoms with van der Waals surface area (Å²) in [6, 6.07) is 12.3. The highest BCUT2D eigenvalue weighted by atomic mass is 16.3. The molecule has 0 spiro atoms. The minimum atomic E-state index is -0.217. The van der Waals surface area contributed by atoms with Gasteiger partial charge in [-0.25, -0.2) is 0 Å². The molecule has 25 heavy (non-hydrogen) atoms. The molecule has 0 saturated carbocycles. The fourth-order valence-corrected chi connectivity index (χ4v) is 3.09. The van der Waals surface area contributed by atoms with Crippen molar-refractivity contribution in [1.82, 2.24) is 0 Å². The summed E-state index contributed by atoms with van der Waals surface area (Å²) in [5.41, 5.74) is 2.59. The normalized spacial score (nSPS) is 15.2. The van der Waals surface area contributed by atoms with Gasteiger partial charge in [0.15, 0.2) is 11.5 Å². The first-order valence-corrected chi connectivity index (χ1v) is 8.67. The minimum absolute atomic E-state index is 0.138. The van der Waals surface area contributed by atoms with Gasteiger partial charge in [0, 0.05) is 24.5 Å². The molecular formula is C20H24N2O3. The number of amides is 1. The van der Waals surface area contributed by atoms with Crippen molar-refractivity contribution in [1.29, 1.82) is 0 Å². The summed E-state index contributed by atoms with van der Waals surface area (Å²) >= 11 is 0. The molecular weight excluding hydrogens is 316 g/mol. The number of phenols is 2. The number of carbonyl (C=O) groups excluding carboxylic acids is 1. The van der Waals surface area contributed by atoms with Crippen molar-refractivity contribution in [2.45, 2.75) is 26.2 Å². The lowest BCUT2D eigenvalue weighted by Crippen LogP contribution is -2.32. The van der Waals surface area contributed by atoms with Gasteiger partial charge in [-0.3, -0.25) is 4.79 Å². The zero-order chi connectivity index (χ0) is 17.8. The molecule has 3 N–H and O–H groups in total. The van der Waals surface area contributed by atoms with Gasteiger partial charge in [-0.15, -0.1) is 0 Å². The molecule has 1 heterocycles. The second-order valence-electron chi connectivity index (χ2n) is 6.76. The third kappa shape index (κ3) is 4.44. The van der Waals surface area contributed by atoms with Crippen molar-refractivity contribution in [3.05, 3.63) is 48.0 Å². The Morgan fingerprint density at radius 1 is 1.08 bits per heavy atom. The van der Waals surface area contributed by atoms with Crippen molar-refractivity contribution < 1.29 is 15.0 Å². The van der Waals surface area contributed by atoms with E-state index in [-0.39, 0.29) is 23.8 Å². The van der Waals surface area contributed by atoms with E-state index in [0.29, 0.717) is 5.56 Å². The minimum Gasteiger partial charge on any atom is -0.504 e. The third-order valence-corrected chi connectivity index (χ3v) is 4.70. The van der Waals surface area contributed by atoms with Crippen LogP contribution in [0.4, 0.5) is 11.4 Å². The van der Waals surface area contributed by atoms with Crippen LogP contribution in [0.3, 0.4) is 0 Å². The number of nitrogens with zero attached hydrogens (tertiary/aromatic N) is 1. The molecule has 0 unspecified atom stereocenters. The van der Waals surface area contributed by atoms with Gasteiger partial charge in [0.2, 0.25) is 5.91 Å². The highest BCUT2D eigenvalue weighted by Gasteiger charge is 2.16. The van der Waals surface area contributed by atoms with E-state index in [1.165, 1.54) is 30.7 Å². The van der Waals surface area contributed by atoms with Gasteiger partial charge < -0.3 is 20.4 Å².